The van der Waals surface area contributed by atoms with E-state index in [0.29, 0.717) is 31.9 Å². The lowest BCUT2D eigenvalue weighted by Crippen LogP contribution is -2.55. The predicted molar refractivity (Wildman–Crippen MR) is 113 cm³/mol. The molecule has 162 valence electrons. The molecule has 0 bridgehead atoms. The topological polar surface area (TPSA) is 99.9 Å². The summed E-state index contributed by atoms with van der Waals surface area (Å²) < 4.78 is 16.2. The highest BCUT2D eigenvalue weighted by atomic mass is 32.3. The Morgan fingerprint density at radius 2 is 1.90 bits per heavy atom. The van der Waals surface area contributed by atoms with Crippen LogP contribution in [0.25, 0.3) is 0 Å². The average Bonchev–Trinajstić information content (AvgIpc) is 2.91. The van der Waals surface area contributed by atoms with Crippen LogP contribution in [0.15, 0.2) is 30.3 Å². The van der Waals surface area contributed by atoms with E-state index in [0.717, 1.165) is 5.56 Å². The zero-order valence-corrected chi connectivity index (χ0v) is 18.3. The molecule has 2 unspecified atom stereocenters. The van der Waals surface area contributed by atoms with Gasteiger partial charge >= 0.3 is 11.9 Å². The van der Waals surface area contributed by atoms with Crippen LogP contribution in [0.5, 0.6) is 0 Å². The summed E-state index contributed by atoms with van der Waals surface area (Å²) in [5.41, 5.74) is 0.357. The number of esters is 2. The third kappa shape index (κ3) is 4.94. The fourth-order valence-electron chi connectivity index (χ4n) is 4.09. The highest BCUT2D eigenvalue weighted by Crippen LogP contribution is 2.62. The van der Waals surface area contributed by atoms with Crippen molar-refractivity contribution in [2.45, 2.75) is 56.6 Å². The summed E-state index contributed by atoms with van der Waals surface area (Å²) in [6.45, 7) is 6.76. The number of nitrogens with two attached hydrogens (primary N) is 1. The van der Waals surface area contributed by atoms with Crippen molar-refractivity contribution in [2.75, 3.05) is 24.8 Å². The fourth-order valence-corrected chi connectivity index (χ4v) is 7.34. The van der Waals surface area contributed by atoms with Crippen LogP contribution in [-0.4, -0.2) is 53.2 Å². The van der Waals surface area contributed by atoms with Crippen molar-refractivity contribution in [1.29, 1.82) is 0 Å². The smallest absolute Gasteiger partial charge is 0.324 e. The molecule has 0 aromatic heterocycles. The van der Waals surface area contributed by atoms with Gasteiger partial charge in [-0.1, -0.05) is 30.3 Å². The van der Waals surface area contributed by atoms with E-state index in [1.807, 2.05) is 51.1 Å². The highest BCUT2D eigenvalue weighted by Gasteiger charge is 2.59. The van der Waals surface area contributed by atoms with Crippen molar-refractivity contribution in [1.82, 2.24) is 5.32 Å². The minimum Gasteiger partial charge on any atom is -0.460 e. The summed E-state index contributed by atoms with van der Waals surface area (Å²) in [6.07, 6.45) is 1.25. The van der Waals surface area contributed by atoms with Crippen LogP contribution in [-0.2, 0) is 30.4 Å². The van der Waals surface area contributed by atoms with Crippen LogP contribution >= 0.6 is 10.2 Å². The van der Waals surface area contributed by atoms with E-state index < -0.39 is 26.6 Å². The van der Waals surface area contributed by atoms with Gasteiger partial charge in [0.2, 0.25) is 0 Å². The maximum absolute atomic E-state index is 13.0. The molecule has 8 heteroatoms. The Hall–Kier alpha value is -1.61. The summed E-state index contributed by atoms with van der Waals surface area (Å²) in [6, 6.07) is 9.03. The number of carbonyl (C=O) groups excluding carboxylic acids is 2. The summed E-state index contributed by atoms with van der Waals surface area (Å²) >= 11 is 0. The summed E-state index contributed by atoms with van der Waals surface area (Å²) in [5, 5.41) is 10.2. The molecule has 29 heavy (non-hydrogen) atoms. The van der Waals surface area contributed by atoms with E-state index in [1.165, 1.54) is 0 Å². The van der Waals surface area contributed by atoms with E-state index in [2.05, 4.69) is 5.32 Å². The Labute approximate surface area is 174 Å². The van der Waals surface area contributed by atoms with Gasteiger partial charge in [0.05, 0.1) is 5.75 Å². The Kier molecular flexibility index (Phi) is 6.57. The second-order valence-corrected chi connectivity index (χ2v) is 12.0. The first-order valence-electron chi connectivity index (χ1n) is 9.95. The Morgan fingerprint density at radius 3 is 2.52 bits per heavy atom. The molecule has 0 aliphatic carbocycles. The van der Waals surface area contributed by atoms with Crippen LogP contribution in [0.2, 0.25) is 0 Å². The molecule has 2 heterocycles. The largest absolute Gasteiger partial charge is 0.460 e. The van der Waals surface area contributed by atoms with Gasteiger partial charge in [-0.25, -0.2) is 0 Å². The van der Waals surface area contributed by atoms with Crippen molar-refractivity contribution >= 4 is 22.2 Å². The zero-order chi connectivity index (χ0) is 21.1. The van der Waals surface area contributed by atoms with E-state index in [9.17, 15) is 9.59 Å². The van der Waals surface area contributed by atoms with Crippen molar-refractivity contribution in [3.8, 4) is 0 Å². The molecule has 0 radical (unpaired) electrons. The SMILES string of the molecule is CC(C)(C)OC(=O)CS1(N)CNC(C(=O)OCc2ccccc2)C12CCOCC2. The van der Waals surface area contributed by atoms with Crippen LogP contribution in [0.1, 0.15) is 39.2 Å². The summed E-state index contributed by atoms with van der Waals surface area (Å²) in [5.74, 6) is -0.0855. The first-order chi connectivity index (χ1) is 13.7. The number of benzene rings is 1. The second-order valence-electron chi connectivity index (χ2n) is 8.73. The summed E-state index contributed by atoms with van der Waals surface area (Å²) in [7, 11) is -1.98. The summed E-state index contributed by atoms with van der Waals surface area (Å²) in [4.78, 5) is 25.6. The second kappa shape index (κ2) is 8.63. The lowest BCUT2D eigenvalue weighted by atomic mass is 9.90. The minimum atomic E-state index is -1.98. The molecule has 3 rings (SSSR count). The van der Waals surface area contributed by atoms with Gasteiger partial charge in [0.1, 0.15) is 18.2 Å². The van der Waals surface area contributed by atoms with Gasteiger partial charge in [0.15, 0.2) is 0 Å². The fraction of sp³-hybridized carbons (Fsp3) is 0.619. The maximum Gasteiger partial charge on any atom is 0.324 e. The lowest BCUT2D eigenvalue weighted by molar-refractivity contribution is -0.152. The maximum atomic E-state index is 13.0. The molecule has 0 saturated carbocycles. The Balaban J connectivity index is 1.76. The molecule has 1 aromatic rings. The van der Waals surface area contributed by atoms with Crippen LogP contribution < -0.4 is 10.5 Å². The van der Waals surface area contributed by atoms with Gasteiger partial charge in [0, 0.05) is 23.8 Å². The van der Waals surface area contributed by atoms with E-state index in [4.69, 9.17) is 19.3 Å². The minimum absolute atomic E-state index is 0.125. The molecule has 2 fully saturated rings. The van der Waals surface area contributed by atoms with Crippen LogP contribution in [0, 0.1) is 0 Å². The molecule has 2 aliphatic rings. The molecule has 2 aliphatic heterocycles. The van der Waals surface area contributed by atoms with E-state index >= 15 is 0 Å². The van der Waals surface area contributed by atoms with Crippen molar-refractivity contribution in [3.05, 3.63) is 35.9 Å². The number of ether oxygens (including phenoxy) is 3. The zero-order valence-electron chi connectivity index (χ0n) is 17.4. The van der Waals surface area contributed by atoms with Gasteiger partial charge in [-0.3, -0.25) is 20.0 Å². The number of rotatable bonds is 5. The van der Waals surface area contributed by atoms with Gasteiger partial charge < -0.3 is 14.2 Å². The predicted octanol–water partition coefficient (Wildman–Crippen LogP) is 2.23. The van der Waals surface area contributed by atoms with E-state index in [-0.39, 0.29) is 24.3 Å². The number of carbonyl (C=O) groups is 2. The molecule has 1 aromatic carbocycles. The van der Waals surface area contributed by atoms with Crippen molar-refractivity contribution in [2.24, 2.45) is 5.14 Å². The molecule has 1 spiro atoms. The van der Waals surface area contributed by atoms with Gasteiger partial charge in [-0.15, -0.1) is 0 Å². The molecule has 0 amide bonds. The molecule has 2 atom stereocenters. The molecular weight excluding hydrogens is 392 g/mol. The Bertz CT molecular complexity index is 730. The Morgan fingerprint density at radius 1 is 1.24 bits per heavy atom. The number of hydrogen-bond acceptors (Lipinski definition) is 7. The van der Waals surface area contributed by atoms with E-state index in [1.54, 1.807) is 0 Å². The first-order valence-corrected chi connectivity index (χ1v) is 12.0. The average molecular weight is 425 g/mol. The van der Waals surface area contributed by atoms with Crippen molar-refractivity contribution < 1.29 is 23.8 Å². The molecule has 7 nitrogen and oxygen atoms in total. The van der Waals surface area contributed by atoms with Gasteiger partial charge in [-0.2, -0.15) is 10.2 Å². The molecule has 2 saturated heterocycles. The standard InChI is InChI=1S/C21H32N2O5S/c1-20(2,3)28-17(24)14-29(22)15-23-18(21(29)9-11-26-12-10-21)19(25)27-13-16-7-5-4-6-8-16/h4-8,18,23H,9-15,22H2,1-3H3. The van der Waals surface area contributed by atoms with Gasteiger partial charge in [0.25, 0.3) is 0 Å². The quantitative estimate of drug-likeness (QED) is 0.699. The third-order valence-electron chi connectivity index (χ3n) is 5.47. The highest BCUT2D eigenvalue weighted by molar-refractivity contribution is 8.33. The lowest BCUT2D eigenvalue weighted by Gasteiger charge is -2.50. The van der Waals surface area contributed by atoms with Crippen molar-refractivity contribution in [3.63, 3.8) is 0 Å². The number of nitrogens with one attached hydrogen (secondary N) is 1. The molecule has 3 N–H and O–H groups in total. The first kappa shape index (κ1) is 22.1. The normalized spacial score (nSPS) is 28.5. The third-order valence-corrected chi connectivity index (χ3v) is 9.17. The number of hydrogen-bond donors (Lipinski definition) is 2. The molecular formula is C21H32N2O5S. The van der Waals surface area contributed by atoms with Crippen LogP contribution in [0.4, 0.5) is 0 Å². The van der Waals surface area contributed by atoms with Gasteiger partial charge in [-0.05, 0) is 39.2 Å². The van der Waals surface area contributed by atoms with Crippen LogP contribution in [0.3, 0.4) is 0 Å². The monoisotopic (exact) mass is 424 g/mol.